The minimum absolute atomic E-state index is 0.0504. The van der Waals surface area contributed by atoms with E-state index in [-0.39, 0.29) is 5.75 Å². The third-order valence-corrected chi connectivity index (χ3v) is 5.42. The third kappa shape index (κ3) is 4.68. The maximum atomic E-state index is 13.7. The molecule has 0 saturated heterocycles. The van der Waals surface area contributed by atoms with Crippen molar-refractivity contribution in [3.63, 3.8) is 0 Å². The number of nitrogens with one attached hydrogen (secondary N) is 2. The van der Waals surface area contributed by atoms with E-state index in [1.165, 1.54) is 36.5 Å². The standard InChI is InChI=1S/C23H19FN4O3S/c1-15(31-19-11-6-5-10-18(19)24)22(29)25-26-23(30)17-14-28(16-8-3-2-4-9-16)27-21(17)20-12-7-13-32-20/h2-15H,1H3,(H,25,29)(H,26,30). The summed E-state index contributed by atoms with van der Waals surface area (Å²) in [6.45, 7) is 1.46. The quantitative estimate of drug-likeness (QED) is 0.436. The number of halogens is 1. The van der Waals surface area contributed by atoms with Crippen molar-refractivity contribution in [2.75, 3.05) is 0 Å². The highest BCUT2D eigenvalue weighted by Crippen LogP contribution is 2.27. The predicted molar refractivity (Wildman–Crippen MR) is 119 cm³/mol. The van der Waals surface area contributed by atoms with E-state index in [0.717, 1.165) is 10.6 Å². The van der Waals surface area contributed by atoms with Crippen molar-refractivity contribution < 1.29 is 18.7 Å². The van der Waals surface area contributed by atoms with E-state index in [1.807, 2.05) is 47.8 Å². The number of carbonyl (C=O) groups is 2. The molecule has 1 atom stereocenters. The van der Waals surface area contributed by atoms with Crippen LogP contribution in [0.25, 0.3) is 16.3 Å². The van der Waals surface area contributed by atoms with Crippen molar-refractivity contribution in [2.45, 2.75) is 13.0 Å². The van der Waals surface area contributed by atoms with Crippen LogP contribution in [0.3, 0.4) is 0 Å². The summed E-state index contributed by atoms with van der Waals surface area (Å²) in [5.74, 6) is -1.80. The van der Waals surface area contributed by atoms with Crippen LogP contribution in [0.2, 0.25) is 0 Å². The minimum Gasteiger partial charge on any atom is -0.478 e. The molecule has 0 fully saturated rings. The zero-order valence-electron chi connectivity index (χ0n) is 17.0. The summed E-state index contributed by atoms with van der Waals surface area (Å²) >= 11 is 1.45. The molecule has 4 rings (SSSR count). The van der Waals surface area contributed by atoms with Crippen LogP contribution in [0.5, 0.6) is 5.75 Å². The van der Waals surface area contributed by atoms with Gasteiger partial charge in [-0.25, -0.2) is 9.07 Å². The lowest BCUT2D eigenvalue weighted by atomic mass is 10.2. The molecule has 0 aliphatic heterocycles. The minimum atomic E-state index is -1.03. The molecule has 9 heteroatoms. The third-order valence-electron chi connectivity index (χ3n) is 4.54. The van der Waals surface area contributed by atoms with Gasteiger partial charge in [0.25, 0.3) is 11.8 Å². The molecule has 0 radical (unpaired) electrons. The zero-order chi connectivity index (χ0) is 22.5. The Kier molecular flexibility index (Phi) is 6.27. The fourth-order valence-corrected chi connectivity index (χ4v) is 3.64. The van der Waals surface area contributed by atoms with Gasteiger partial charge in [-0.15, -0.1) is 11.3 Å². The molecule has 0 saturated carbocycles. The van der Waals surface area contributed by atoms with Gasteiger partial charge in [-0.2, -0.15) is 5.10 Å². The number of amides is 2. The number of para-hydroxylation sites is 2. The van der Waals surface area contributed by atoms with E-state index in [1.54, 1.807) is 16.9 Å². The molecule has 32 heavy (non-hydrogen) atoms. The van der Waals surface area contributed by atoms with Gasteiger partial charge in [0.15, 0.2) is 17.7 Å². The zero-order valence-corrected chi connectivity index (χ0v) is 17.8. The Labute approximate surface area is 187 Å². The first-order valence-electron chi connectivity index (χ1n) is 9.73. The molecule has 2 aromatic heterocycles. The van der Waals surface area contributed by atoms with E-state index < -0.39 is 23.7 Å². The molecule has 2 N–H and O–H groups in total. The lowest BCUT2D eigenvalue weighted by molar-refractivity contribution is -0.128. The Bertz CT molecular complexity index is 1230. The molecule has 0 aliphatic rings. The highest BCUT2D eigenvalue weighted by atomic mass is 32.1. The van der Waals surface area contributed by atoms with Gasteiger partial charge >= 0.3 is 0 Å². The average molecular weight is 450 g/mol. The lowest BCUT2D eigenvalue weighted by Crippen LogP contribution is -2.47. The maximum absolute atomic E-state index is 13.7. The van der Waals surface area contributed by atoms with Crippen LogP contribution in [0.4, 0.5) is 4.39 Å². The maximum Gasteiger partial charge on any atom is 0.279 e. The first-order valence-corrected chi connectivity index (χ1v) is 10.6. The highest BCUT2D eigenvalue weighted by molar-refractivity contribution is 7.13. The van der Waals surface area contributed by atoms with E-state index in [9.17, 15) is 14.0 Å². The molecule has 7 nitrogen and oxygen atoms in total. The Morgan fingerprint density at radius 3 is 2.50 bits per heavy atom. The number of hydrazine groups is 1. The normalized spacial score (nSPS) is 11.6. The summed E-state index contributed by atoms with van der Waals surface area (Å²) < 4.78 is 20.7. The second kappa shape index (κ2) is 9.44. The van der Waals surface area contributed by atoms with Gasteiger partial charge in [0.05, 0.1) is 16.1 Å². The van der Waals surface area contributed by atoms with Crippen molar-refractivity contribution >= 4 is 23.2 Å². The number of hydrogen-bond acceptors (Lipinski definition) is 5. The van der Waals surface area contributed by atoms with Crippen molar-refractivity contribution in [3.8, 4) is 22.0 Å². The number of ether oxygens (including phenoxy) is 1. The van der Waals surface area contributed by atoms with E-state index in [2.05, 4.69) is 16.0 Å². The Hall–Kier alpha value is -3.98. The van der Waals surface area contributed by atoms with Crippen molar-refractivity contribution in [1.82, 2.24) is 20.6 Å². The predicted octanol–water partition coefficient (Wildman–Crippen LogP) is 3.97. The molecule has 0 spiro atoms. The first-order chi connectivity index (χ1) is 15.5. The molecule has 1 unspecified atom stereocenters. The van der Waals surface area contributed by atoms with Gasteiger partial charge in [-0.3, -0.25) is 20.4 Å². The van der Waals surface area contributed by atoms with Gasteiger partial charge in [0, 0.05) is 6.20 Å². The number of hydrogen-bond donors (Lipinski definition) is 2. The SMILES string of the molecule is CC(Oc1ccccc1F)C(=O)NNC(=O)c1cn(-c2ccccc2)nc1-c1cccs1. The summed E-state index contributed by atoms with van der Waals surface area (Å²) in [5.41, 5.74) is 6.28. The number of benzene rings is 2. The lowest BCUT2D eigenvalue weighted by Gasteiger charge is -2.15. The molecule has 2 aromatic carbocycles. The fourth-order valence-electron chi connectivity index (χ4n) is 2.92. The van der Waals surface area contributed by atoms with E-state index in [0.29, 0.717) is 11.3 Å². The van der Waals surface area contributed by atoms with E-state index in [4.69, 9.17) is 4.74 Å². The molecule has 2 heterocycles. The van der Waals surface area contributed by atoms with Crippen molar-refractivity contribution in [3.05, 3.63) is 89.7 Å². The van der Waals surface area contributed by atoms with Crippen LogP contribution in [0.1, 0.15) is 17.3 Å². The Morgan fingerprint density at radius 2 is 1.78 bits per heavy atom. The molecule has 162 valence electrons. The summed E-state index contributed by atoms with van der Waals surface area (Å²) in [7, 11) is 0. The van der Waals surface area contributed by atoms with Gasteiger partial charge < -0.3 is 4.74 Å². The smallest absolute Gasteiger partial charge is 0.279 e. The number of carbonyl (C=O) groups excluding carboxylic acids is 2. The number of aromatic nitrogens is 2. The van der Waals surface area contributed by atoms with Gasteiger partial charge in [-0.1, -0.05) is 36.4 Å². The summed E-state index contributed by atoms with van der Waals surface area (Å²) in [4.78, 5) is 26.0. The van der Waals surface area contributed by atoms with Crippen LogP contribution < -0.4 is 15.6 Å². The molecular formula is C23H19FN4O3S. The Morgan fingerprint density at radius 1 is 1.03 bits per heavy atom. The summed E-state index contributed by atoms with van der Waals surface area (Å²) in [6.07, 6.45) is 0.571. The monoisotopic (exact) mass is 450 g/mol. The Balaban J connectivity index is 1.48. The summed E-state index contributed by atoms with van der Waals surface area (Å²) in [6, 6.07) is 18.9. The van der Waals surface area contributed by atoms with Gasteiger partial charge in [-0.05, 0) is 42.6 Å². The fraction of sp³-hybridized carbons (Fsp3) is 0.0870. The highest BCUT2D eigenvalue weighted by Gasteiger charge is 2.22. The van der Waals surface area contributed by atoms with Crippen LogP contribution in [-0.4, -0.2) is 27.7 Å². The molecule has 2 amide bonds. The van der Waals surface area contributed by atoms with Crippen molar-refractivity contribution in [1.29, 1.82) is 0 Å². The van der Waals surface area contributed by atoms with Crippen LogP contribution in [0, 0.1) is 5.82 Å². The number of nitrogens with zero attached hydrogens (tertiary/aromatic N) is 2. The molecule has 0 aliphatic carbocycles. The average Bonchev–Trinajstić information content (AvgIpc) is 3.49. The molecule has 0 bridgehead atoms. The molecular weight excluding hydrogens is 431 g/mol. The van der Waals surface area contributed by atoms with Gasteiger partial charge in [0.1, 0.15) is 5.69 Å². The second-order valence-electron chi connectivity index (χ2n) is 6.78. The molecule has 4 aromatic rings. The topological polar surface area (TPSA) is 85.3 Å². The van der Waals surface area contributed by atoms with Gasteiger partial charge in [0.2, 0.25) is 0 Å². The first kappa shape index (κ1) is 21.3. The van der Waals surface area contributed by atoms with Crippen LogP contribution in [0.15, 0.2) is 78.3 Å². The van der Waals surface area contributed by atoms with E-state index >= 15 is 0 Å². The van der Waals surface area contributed by atoms with Crippen LogP contribution in [-0.2, 0) is 4.79 Å². The summed E-state index contributed by atoms with van der Waals surface area (Å²) in [5, 5.41) is 6.45. The second-order valence-corrected chi connectivity index (χ2v) is 7.73. The number of thiophene rings is 1. The van der Waals surface area contributed by atoms with Crippen LogP contribution >= 0.6 is 11.3 Å². The number of rotatable bonds is 6. The van der Waals surface area contributed by atoms with Crippen molar-refractivity contribution in [2.24, 2.45) is 0 Å². The largest absolute Gasteiger partial charge is 0.478 e.